The Balaban J connectivity index is 1.95. The van der Waals surface area contributed by atoms with Crippen LogP contribution in [0.3, 0.4) is 0 Å². The third kappa shape index (κ3) is 3.59. The Morgan fingerprint density at radius 3 is 2.00 bits per heavy atom. The summed E-state index contributed by atoms with van der Waals surface area (Å²) in [5.74, 6) is 0.388. The van der Waals surface area contributed by atoms with E-state index in [0.717, 1.165) is 22.2 Å². The first-order chi connectivity index (χ1) is 10.9. The summed E-state index contributed by atoms with van der Waals surface area (Å²) in [6.07, 6.45) is -2.75. The number of rotatable bonds is 2. The van der Waals surface area contributed by atoms with Crippen molar-refractivity contribution in [1.29, 1.82) is 0 Å². The predicted molar refractivity (Wildman–Crippen MR) is 85.6 cm³/mol. The molecule has 0 N–H and O–H groups in total. The molecule has 0 fully saturated rings. The van der Waals surface area contributed by atoms with Crippen LogP contribution in [0, 0.1) is 0 Å². The van der Waals surface area contributed by atoms with Gasteiger partial charge >= 0.3 is 6.18 Å². The van der Waals surface area contributed by atoms with E-state index in [9.17, 15) is 13.2 Å². The Hall–Kier alpha value is -2.21. The van der Waals surface area contributed by atoms with Gasteiger partial charge in [0.25, 0.3) is 0 Å². The molecule has 0 spiro atoms. The van der Waals surface area contributed by atoms with Gasteiger partial charge in [-0.05, 0) is 30.3 Å². The predicted octanol–water partition coefficient (Wildman–Crippen LogP) is 5.59. The normalized spacial score (nSPS) is 11.5. The molecule has 0 aliphatic heterocycles. The first-order valence-electron chi connectivity index (χ1n) is 6.70. The second-order valence-corrected chi connectivity index (χ2v) is 5.76. The van der Waals surface area contributed by atoms with Crippen LogP contribution in [0.1, 0.15) is 5.56 Å². The first-order valence-corrected chi connectivity index (χ1v) is 7.49. The Bertz CT molecular complexity index is 812. The minimum Gasteiger partial charge on any atom is -0.237 e. The molecule has 1 aromatic heterocycles. The zero-order valence-corrected chi connectivity index (χ0v) is 13.3. The lowest BCUT2D eigenvalue weighted by atomic mass is 10.1. The summed E-state index contributed by atoms with van der Waals surface area (Å²) in [6, 6.07) is 14.2. The van der Waals surface area contributed by atoms with Crippen molar-refractivity contribution in [3.8, 4) is 22.6 Å². The van der Waals surface area contributed by atoms with Gasteiger partial charge in [0.05, 0.1) is 11.3 Å². The van der Waals surface area contributed by atoms with Crippen LogP contribution in [0.4, 0.5) is 13.2 Å². The molecular formula is C17H10BrF3N2. The van der Waals surface area contributed by atoms with E-state index in [1.807, 2.05) is 24.3 Å². The Morgan fingerprint density at radius 2 is 1.39 bits per heavy atom. The second kappa shape index (κ2) is 6.12. The topological polar surface area (TPSA) is 25.8 Å². The van der Waals surface area contributed by atoms with Crippen molar-refractivity contribution in [3.63, 3.8) is 0 Å². The molecule has 2 aromatic carbocycles. The van der Waals surface area contributed by atoms with Gasteiger partial charge < -0.3 is 0 Å². The number of hydrogen-bond acceptors (Lipinski definition) is 2. The maximum atomic E-state index is 12.6. The summed E-state index contributed by atoms with van der Waals surface area (Å²) < 4.78 is 38.8. The van der Waals surface area contributed by atoms with E-state index in [0.29, 0.717) is 17.1 Å². The quantitative estimate of drug-likeness (QED) is 0.580. The van der Waals surface area contributed by atoms with E-state index in [4.69, 9.17) is 0 Å². The lowest BCUT2D eigenvalue weighted by Gasteiger charge is -2.08. The maximum absolute atomic E-state index is 12.6. The van der Waals surface area contributed by atoms with E-state index in [-0.39, 0.29) is 0 Å². The highest BCUT2D eigenvalue weighted by molar-refractivity contribution is 9.10. The summed E-state index contributed by atoms with van der Waals surface area (Å²) in [5.41, 5.74) is 1.47. The van der Waals surface area contributed by atoms with Crippen LogP contribution in [-0.2, 0) is 6.18 Å². The zero-order valence-electron chi connectivity index (χ0n) is 11.7. The van der Waals surface area contributed by atoms with Crippen LogP contribution in [-0.4, -0.2) is 9.97 Å². The van der Waals surface area contributed by atoms with Crippen molar-refractivity contribution in [2.24, 2.45) is 0 Å². The summed E-state index contributed by atoms with van der Waals surface area (Å²) in [6.45, 7) is 0. The number of benzene rings is 2. The van der Waals surface area contributed by atoms with E-state index in [1.165, 1.54) is 12.1 Å². The Labute approximate surface area is 139 Å². The molecule has 3 rings (SSSR count). The summed E-state index contributed by atoms with van der Waals surface area (Å²) in [5, 5.41) is 0. The fourth-order valence-corrected chi connectivity index (χ4v) is 2.35. The van der Waals surface area contributed by atoms with Crippen LogP contribution in [0.2, 0.25) is 0 Å². The number of nitrogens with zero attached hydrogens (tertiary/aromatic N) is 2. The summed E-state index contributed by atoms with van der Waals surface area (Å²) in [4.78, 5) is 8.57. The van der Waals surface area contributed by atoms with Crippen molar-refractivity contribution in [1.82, 2.24) is 9.97 Å². The van der Waals surface area contributed by atoms with Crippen molar-refractivity contribution in [2.75, 3.05) is 0 Å². The third-order valence-electron chi connectivity index (χ3n) is 3.27. The minimum atomic E-state index is -4.35. The molecule has 0 radical (unpaired) electrons. The van der Waals surface area contributed by atoms with Gasteiger partial charge in [0.15, 0.2) is 5.82 Å². The van der Waals surface area contributed by atoms with Crippen molar-refractivity contribution >= 4 is 15.9 Å². The van der Waals surface area contributed by atoms with Crippen molar-refractivity contribution in [2.45, 2.75) is 6.18 Å². The maximum Gasteiger partial charge on any atom is 0.416 e. The molecule has 6 heteroatoms. The molecule has 0 aliphatic carbocycles. The zero-order chi connectivity index (χ0) is 16.4. The van der Waals surface area contributed by atoms with Crippen LogP contribution in [0.15, 0.2) is 65.3 Å². The van der Waals surface area contributed by atoms with Gasteiger partial charge in [-0.15, -0.1) is 0 Å². The molecule has 23 heavy (non-hydrogen) atoms. The van der Waals surface area contributed by atoms with E-state index < -0.39 is 11.7 Å². The van der Waals surface area contributed by atoms with Gasteiger partial charge in [-0.1, -0.05) is 40.2 Å². The molecule has 0 saturated heterocycles. The fourth-order valence-electron chi connectivity index (χ4n) is 2.09. The molecule has 0 amide bonds. The minimum absolute atomic E-state index is 0.388. The molecular weight excluding hydrogens is 369 g/mol. The van der Waals surface area contributed by atoms with E-state index in [1.54, 1.807) is 12.3 Å². The average molecular weight is 379 g/mol. The van der Waals surface area contributed by atoms with Gasteiger partial charge in [0.2, 0.25) is 0 Å². The average Bonchev–Trinajstić information content (AvgIpc) is 2.55. The Morgan fingerprint density at radius 1 is 0.783 bits per heavy atom. The molecule has 0 saturated carbocycles. The number of halogens is 4. The third-order valence-corrected chi connectivity index (χ3v) is 3.79. The van der Waals surface area contributed by atoms with Crippen LogP contribution in [0.25, 0.3) is 22.6 Å². The highest BCUT2D eigenvalue weighted by Crippen LogP contribution is 2.30. The molecule has 0 aliphatic rings. The highest BCUT2D eigenvalue weighted by atomic mass is 79.9. The molecule has 1 heterocycles. The summed E-state index contributed by atoms with van der Waals surface area (Å²) in [7, 11) is 0. The highest BCUT2D eigenvalue weighted by Gasteiger charge is 2.30. The van der Waals surface area contributed by atoms with Crippen LogP contribution >= 0.6 is 15.9 Å². The number of aromatic nitrogens is 2. The second-order valence-electron chi connectivity index (χ2n) is 4.85. The number of hydrogen-bond donors (Lipinski definition) is 0. The van der Waals surface area contributed by atoms with Crippen LogP contribution < -0.4 is 0 Å². The van der Waals surface area contributed by atoms with E-state index >= 15 is 0 Å². The molecule has 2 nitrogen and oxygen atoms in total. The number of alkyl halides is 3. The molecule has 116 valence electrons. The van der Waals surface area contributed by atoms with Crippen LogP contribution in [0.5, 0.6) is 0 Å². The van der Waals surface area contributed by atoms with Crippen molar-refractivity contribution in [3.05, 3.63) is 70.8 Å². The molecule has 0 bridgehead atoms. The van der Waals surface area contributed by atoms with E-state index in [2.05, 4.69) is 25.9 Å². The molecule has 0 unspecified atom stereocenters. The smallest absolute Gasteiger partial charge is 0.237 e. The van der Waals surface area contributed by atoms with Crippen molar-refractivity contribution < 1.29 is 13.2 Å². The lowest BCUT2D eigenvalue weighted by molar-refractivity contribution is -0.137. The molecule has 3 aromatic rings. The SMILES string of the molecule is FC(F)(F)c1ccc(-c2nccc(-c3ccc(Br)cc3)n2)cc1. The summed E-state index contributed by atoms with van der Waals surface area (Å²) >= 11 is 3.37. The lowest BCUT2D eigenvalue weighted by Crippen LogP contribution is -2.04. The van der Waals surface area contributed by atoms with Gasteiger partial charge in [-0.25, -0.2) is 9.97 Å². The molecule has 0 atom stereocenters. The fraction of sp³-hybridized carbons (Fsp3) is 0.0588. The van der Waals surface area contributed by atoms with Gasteiger partial charge in [0, 0.05) is 21.8 Å². The van der Waals surface area contributed by atoms with Gasteiger partial charge in [-0.3, -0.25) is 0 Å². The Kier molecular flexibility index (Phi) is 4.17. The monoisotopic (exact) mass is 378 g/mol. The van der Waals surface area contributed by atoms with Gasteiger partial charge in [-0.2, -0.15) is 13.2 Å². The van der Waals surface area contributed by atoms with Gasteiger partial charge in [0.1, 0.15) is 0 Å². The standard InChI is InChI=1S/C17H10BrF3N2/c18-14-7-3-11(4-8-14)15-9-10-22-16(23-15)12-1-5-13(6-2-12)17(19,20)21/h1-10H. The largest absolute Gasteiger partial charge is 0.416 e. The first kappa shape index (κ1) is 15.7.